The normalized spacial score (nSPS) is 18.2. The van der Waals surface area contributed by atoms with E-state index in [0.717, 1.165) is 24.5 Å². The van der Waals surface area contributed by atoms with Crippen LogP contribution in [0, 0.1) is 11.3 Å². The summed E-state index contributed by atoms with van der Waals surface area (Å²) in [6.45, 7) is 7.48. The van der Waals surface area contributed by atoms with Crippen LogP contribution in [0.2, 0.25) is 0 Å². The Kier molecular flexibility index (Phi) is 4.44. The fraction of sp³-hybridized carbons (Fsp3) is 0.562. The van der Waals surface area contributed by atoms with Crippen LogP contribution in [0.5, 0.6) is 5.75 Å². The van der Waals surface area contributed by atoms with Crippen molar-refractivity contribution in [3.05, 3.63) is 29.8 Å². The van der Waals surface area contributed by atoms with Crippen LogP contribution in [0.1, 0.15) is 32.3 Å². The second-order valence-electron chi connectivity index (χ2n) is 5.73. The molecule has 2 rings (SSSR count). The van der Waals surface area contributed by atoms with Crippen molar-refractivity contribution in [3.8, 4) is 11.8 Å². The molecule has 102 valence electrons. The zero-order chi connectivity index (χ0) is 13.7. The third-order valence-corrected chi connectivity index (χ3v) is 3.91. The van der Waals surface area contributed by atoms with Crippen molar-refractivity contribution < 1.29 is 4.74 Å². The zero-order valence-electron chi connectivity index (χ0n) is 11.9. The third kappa shape index (κ3) is 3.71. The molecule has 1 aliphatic rings. The molecule has 0 unspecified atom stereocenters. The van der Waals surface area contributed by atoms with Gasteiger partial charge in [0.05, 0.1) is 12.5 Å². The molecule has 19 heavy (non-hydrogen) atoms. The van der Waals surface area contributed by atoms with E-state index in [9.17, 15) is 0 Å². The molecule has 3 nitrogen and oxygen atoms in total. The lowest BCUT2D eigenvalue weighted by molar-refractivity contribution is 0.143. The first-order chi connectivity index (χ1) is 9.12. The van der Waals surface area contributed by atoms with E-state index < -0.39 is 0 Å². The molecule has 0 aromatic heterocycles. The first-order valence-corrected chi connectivity index (χ1v) is 6.95. The molecule has 0 radical (unpaired) electrons. The molecule has 1 aromatic carbocycles. The van der Waals surface area contributed by atoms with Gasteiger partial charge in [-0.3, -0.25) is 4.90 Å². The van der Waals surface area contributed by atoms with Crippen LogP contribution < -0.4 is 4.74 Å². The molecule has 1 aromatic rings. The van der Waals surface area contributed by atoms with Crippen LogP contribution in [0.3, 0.4) is 0 Å². The van der Waals surface area contributed by atoms with Crippen molar-refractivity contribution in [1.82, 2.24) is 4.90 Å². The molecule has 0 bridgehead atoms. The molecule has 0 spiro atoms. The molecular weight excluding hydrogens is 236 g/mol. The number of nitrogens with zero attached hydrogens (tertiary/aromatic N) is 2. The number of nitriles is 1. The van der Waals surface area contributed by atoms with Crippen molar-refractivity contribution in [3.63, 3.8) is 0 Å². The largest absolute Gasteiger partial charge is 0.492 e. The van der Waals surface area contributed by atoms with E-state index in [4.69, 9.17) is 10.00 Å². The second-order valence-corrected chi connectivity index (χ2v) is 5.73. The Morgan fingerprint density at radius 1 is 1.32 bits per heavy atom. The number of likely N-dealkylation sites (tertiary alicyclic amines) is 1. The Balaban J connectivity index is 1.78. The molecule has 0 atom stereocenters. The molecule has 1 fully saturated rings. The van der Waals surface area contributed by atoms with Gasteiger partial charge in [-0.15, -0.1) is 0 Å². The van der Waals surface area contributed by atoms with Crippen molar-refractivity contribution in [2.24, 2.45) is 0 Å². The third-order valence-electron chi connectivity index (χ3n) is 3.91. The van der Waals surface area contributed by atoms with Gasteiger partial charge in [0.2, 0.25) is 0 Å². The summed E-state index contributed by atoms with van der Waals surface area (Å²) in [6.07, 6.45) is 3.02. The van der Waals surface area contributed by atoms with Gasteiger partial charge >= 0.3 is 0 Å². The first-order valence-electron chi connectivity index (χ1n) is 6.95. The van der Waals surface area contributed by atoms with Crippen LogP contribution in [-0.2, 0) is 6.42 Å². The maximum atomic E-state index is 8.61. The number of hydrogen-bond acceptors (Lipinski definition) is 3. The van der Waals surface area contributed by atoms with Crippen LogP contribution >= 0.6 is 0 Å². The maximum absolute atomic E-state index is 8.61. The summed E-state index contributed by atoms with van der Waals surface area (Å²) in [5.74, 6) is 0.888. The SMILES string of the molecule is CC1(C)CCCN1CCOc1ccc(CC#N)cc1. The summed E-state index contributed by atoms with van der Waals surface area (Å²) in [5.41, 5.74) is 1.36. The van der Waals surface area contributed by atoms with Gasteiger partial charge in [-0.2, -0.15) is 5.26 Å². The van der Waals surface area contributed by atoms with Gasteiger partial charge in [-0.1, -0.05) is 12.1 Å². The van der Waals surface area contributed by atoms with Gasteiger partial charge in [0, 0.05) is 12.1 Å². The highest BCUT2D eigenvalue weighted by Crippen LogP contribution is 2.27. The lowest BCUT2D eigenvalue weighted by Gasteiger charge is -2.31. The number of benzene rings is 1. The minimum atomic E-state index is 0.319. The van der Waals surface area contributed by atoms with E-state index in [0.29, 0.717) is 12.0 Å². The standard InChI is InChI=1S/C16H22N2O/c1-16(2)9-3-11-18(16)12-13-19-15-6-4-14(5-7-15)8-10-17/h4-7H,3,8-9,11-13H2,1-2H3. The van der Waals surface area contributed by atoms with Crippen molar-refractivity contribution in [2.75, 3.05) is 19.7 Å². The fourth-order valence-electron chi connectivity index (χ4n) is 2.65. The Bertz CT molecular complexity index is 445. The first kappa shape index (κ1) is 13.9. The highest BCUT2D eigenvalue weighted by molar-refractivity contribution is 5.28. The van der Waals surface area contributed by atoms with Gasteiger partial charge in [0.1, 0.15) is 12.4 Å². The number of hydrogen-bond donors (Lipinski definition) is 0. The molecule has 1 heterocycles. The number of ether oxygens (including phenoxy) is 1. The molecule has 3 heteroatoms. The van der Waals surface area contributed by atoms with E-state index in [1.54, 1.807) is 0 Å². The van der Waals surface area contributed by atoms with Gasteiger partial charge < -0.3 is 4.74 Å². The van der Waals surface area contributed by atoms with E-state index in [2.05, 4.69) is 24.8 Å². The lowest BCUT2D eigenvalue weighted by Crippen LogP contribution is -2.40. The van der Waals surface area contributed by atoms with Gasteiger partial charge in [0.15, 0.2) is 0 Å². The lowest BCUT2D eigenvalue weighted by atomic mass is 10.0. The van der Waals surface area contributed by atoms with Crippen molar-refractivity contribution in [1.29, 1.82) is 5.26 Å². The summed E-state index contributed by atoms with van der Waals surface area (Å²) < 4.78 is 5.77. The van der Waals surface area contributed by atoms with Gasteiger partial charge in [-0.05, 0) is 50.9 Å². The minimum Gasteiger partial charge on any atom is -0.492 e. The van der Waals surface area contributed by atoms with Gasteiger partial charge in [-0.25, -0.2) is 0 Å². The fourth-order valence-corrected chi connectivity index (χ4v) is 2.65. The van der Waals surface area contributed by atoms with E-state index in [1.807, 2.05) is 24.3 Å². The smallest absolute Gasteiger partial charge is 0.119 e. The predicted octanol–water partition coefficient (Wildman–Crippen LogP) is 3.01. The quantitative estimate of drug-likeness (QED) is 0.814. The molecule has 1 aliphatic heterocycles. The van der Waals surface area contributed by atoms with Gasteiger partial charge in [0.25, 0.3) is 0 Å². The molecular formula is C16H22N2O. The average Bonchev–Trinajstić information content (AvgIpc) is 2.71. The molecule has 0 aliphatic carbocycles. The van der Waals surface area contributed by atoms with E-state index >= 15 is 0 Å². The van der Waals surface area contributed by atoms with E-state index in [-0.39, 0.29) is 0 Å². The minimum absolute atomic E-state index is 0.319. The van der Waals surface area contributed by atoms with Crippen LogP contribution in [0.4, 0.5) is 0 Å². The predicted molar refractivity (Wildman–Crippen MR) is 76.1 cm³/mol. The monoisotopic (exact) mass is 258 g/mol. The Labute approximate surface area is 115 Å². The summed E-state index contributed by atoms with van der Waals surface area (Å²) >= 11 is 0. The average molecular weight is 258 g/mol. The van der Waals surface area contributed by atoms with E-state index in [1.165, 1.54) is 19.4 Å². The topological polar surface area (TPSA) is 36.3 Å². The summed E-state index contributed by atoms with van der Waals surface area (Å²) in [5, 5.41) is 8.61. The summed E-state index contributed by atoms with van der Waals surface area (Å²) in [6, 6.07) is 9.95. The Hall–Kier alpha value is -1.53. The summed E-state index contributed by atoms with van der Waals surface area (Å²) in [4.78, 5) is 2.50. The Morgan fingerprint density at radius 3 is 2.63 bits per heavy atom. The zero-order valence-corrected chi connectivity index (χ0v) is 11.9. The van der Waals surface area contributed by atoms with Crippen LogP contribution in [-0.4, -0.2) is 30.1 Å². The Morgan fingerprint density at radius 2 is 2.05 bits per heavy atom. The molecule has 0 N–H and O–H groups in total. The highest BCUT2D eigenvalue weighted by Gasteiger charge is 2.31. The summed E-state index contributed by atoms with van der Waals surface area (Å²) in [7, 11) is 0. The van der Waals surface area contributed by atoms with Crippen molar-refractivity contribution >= 4 is 0 Å². The van der Waals surface area contributed by atoms with Crippen molar-refractivity contribution in [2.45, 2.75) is 38.6 Å². The van der Waals surface area contributed by atoms with Crippen LogP contribution in [0.25, 0.3) is 0 Å². The maximum Gasteiger partial charge on any atom is 0.119 e. The second kappa shape index (κ2) is 6.08. The highest BCUT2D eigenvalue weighted by atomic mass is 16.5. The molecule has 1 saturated heterocycles. The van der Waals surface area contributed by atoms with Crippen LogP contribution in [0.15, 0.2) is 24.3 Å². The molecule has 0 saturated carbocycles. The number of rotatable bonds is 5. The molecule has 0 amide bonds.